The lowest BCUT2D eigenvalue weighted by atomic mass is 9.75. The van der Waals surface area contributed by atoms with Gasteiger partial charge in [-0.3, -0.25) is 0 Å². The van der Waals surface area contributed by atoms with Crippen LogP contribution in [0.1, 0.15) is 44.6 Å². The Labute approximate surface area is 177 Å². The fourth-order valence-corrected chi connectivity index (χ4v) is 5.33. The van der Waals surface area contributed by atoms with Crippen molar-refractivity contribution in [1.82, 2.24) is 0 Å². The average molecular weight is 450 g/mol. The molecule has 5 rings (SSSR count). The van der Waals surface area contributed by atoms with Gasteiger partial charge in [-0.1, -0.05) is 40.2 Å². The van der Waals surface area contributed by atoms with E-state index in [1.165, 1.54) is 11.1 Å². The fourth-order valence-electron chi connectivity index (χ4n) is 4.95. The number of carboxylic acid groups (broad SMARTS) is 1. The van der Waals surface area contributed by atoms with Gasteiger partial charge in [0.05, 0.1) is 18.7 Å². The molecular weight excluding hydrogens is 430 g/mol. The number of carbonyl (C=O) groups is 1. The zero-order valence-electron chi connectivity index (χ0n) is 15.9. The van der Waals surface area contributed by atoms with Crippen molar-refractivity contribution in [3.05, 3.63) is 93.0 Å². The van der Waals surface area contributed by atoms with Crippen LogP contribution >= 0.6 is 15.9 Å². The zero-order valence-corrected chi connectivity index (χ0v) is 17.4. The van der Waals surface area contributed by atoms with Crippen LogP contribution in [0.2, 0.25) is 0 Å². The highest BCUT2D eigenvalue weighted by Crippen LogP contribution is 2.55. The van der Waals surface area contributed by atoms with Gasteiger partial charge < -0.3 is 15.2 Å². The van der Waals surface area contributed by atoms with Crippen molar-refractivity contribution in [2.45, 2.75) is 18.4 Å². The standard InChI is InChI=1S/C24H20BrNO3/c1-29-21-9-7-15(25)12-18(21)23-19-10-13-4-2-3-5-16(13)22(19)17-11-14(24(27)28)6-8-20(17)26-23/h2-9,11-12,19,22-23,26H,10H2,1H3,(H,27,28)/t19-,22-,23+/m1/s1. The molecule has 4 nitrogen and oxygen atoms in total. The smallest absolute Gasteiger partial charge is 0.335 e. The highest BCUT2D eigenvalue weighted by Gasteiger charge is 2.44. The molecular formula is C24H20BrNO3. The maximum atomic E-state index is 11.6. The molecule has 1 heterocycles. The van der Waals surface area contributed by atoms with Crippen molar-refractivity contribution >= 4 is 27.6 Å². The summed E-state index contributed by atoms with van der Waals surface area (Å²) in [6, 6.07) is 20.1. The molecule has 1 aliphatic heterocycles. The first-order valence-electron chi connectivity index (χ1n) is 9.62. The van der Waals surface area contributed by atoms with Gasteiger partial charge in [-0.2, -0.15) is 0 Å². The third-order valence-electron chi connectivity index (χ3n) is 6.17. The summed E-state index contributed by atoms with van der Waals surface area (Å²) in [4.78, 5) is 11.6. The van der Waals surface area contributed by atoms with Crippen molar-refractivity contribution in [2.24, 2.45) is 5.92 Å². The summed E-state index contributed by atoms with van der Waals surface area (Å²) in [6.45, 7) is 0. The molecule has 0 bridgehead atoms. The molecule has 3 atom stereocenters. The second kappa shape index (κ2) is 6.92. The molecule has 3 aromatic rings. The maximum Gasteiger partial charge on any atom is 0.335 e. The lowest BCUT2D eigenvalue weighted by Crippen LogP contribution is -2.31. The summed E-state index contributed by atoms with van der Waals surface area (Å²) in [6.07, 6.45) is 0.935. The van der Waals surface area contributed by atoms with Crippen molar-refractivity contribution in [3.8, 4) is 5.75 Å². The Hall–Kier alpha value is -2.79. The number of benzene rings is 3. The summed E-state index contributed by atoms with van der Waals surface area (Å²) in [5.74, 6) is 0.375. The first-order chi connectivity index (χ1) is 14.1. The molecule has 0 saturated heterocycles. The van der Waals surface area contributed by atoms with E-state index < -0.39 is 5.97 Å². The molecule has 0 spiro atoms. The van der Waals surface area contributed by atoms with Crippen LogP contribution in [0, 0.1) is 5.92 Å². The van der Waals surface area contributed by atoms with Crippen LogP contribution in [0.4, 0.5) is 5.69 Å². The van der Waals surface area contributed by atoms with Crippen LogP contribution in [-0.4, -0.2) is 18.2 Å². The number of ether oxygens (including phenoxy) is 1. The number of aromatic carboxylic acids is 1. The van der Waals surface area contributed by atoms with Crippen molar-refractivity contribution in [1.29, 1.82) is 0 Å². The minimum atomic E-state index is -0.897. The quantitative estimate of drug-likeness (QED) is 0.544. The summed E-state index contributed by atoms with van der Waals surface area (Å²) in [5.41, 5.74) is 6.11. The van der Waals surface area contributed by atoms with Crippen LogP contribution in [0.5, 0.6) is 5.75 Å². The number of hydrogen-bond donors (Lipinski definition) is 2. The first kappa shape index (κ1) is 18.3. The first-order valence-corrected chi connectivity index (χ1v) is 10.4. The molecule has 0 saturated carbocycles. The molecule has 0 aromatic heterocycles. The highest BCUT2D eigenvalue weighted by molar-refractivity contribution is 9.10. The number of rotatable bonds is 3. The van der Waals surface area contributed by atoms with Gasteiger partial charge in [-0.05, 0) is 65.4 Å². The summed E-state index contributed by atoms with van der Waals surface area (Å²) < 4.78 is 6.69. The van der Waals surface area contributed by atoms with Gasteiger partial charge >= 0.3 is 5.97 Å². The van der Waals surface area contributed by atoms with E-state index in [0.29, 0.717) is 5.56 Å². The zero-order chi connectivity index (χ0) is 20.1. The highest BCUT2D eigenvalue weighted by atomic mass is 79.9. The van der Waals surface area contributed by atoms with Crippen LogP contribution in [0.15, 0.2) is 65.1 Å². The van der Waals surface area contributed by atoms with Gasteiger partial charge in [0, 0.05) is 21.6 Å². The van der Waals surface area contributed by atoms with E-state index in [4.69, 9.17) is 4.74 Å². The average Bonchev–Trinajstić information content (AvgIpc) is 3.12. The number of nitrogens with one attached hydrogen (secondary N) is 1. The van der Waals surface area contributed by atoms with Gasteiger partial charge in [-0.25, -0.2) is 4.79 Å². The molecule has 0 radical (unpaired) electrons. The Bertz CT molecular complexity index is 1130. The summed E-state index contributed by atoms with van der Waals surface area (Å²) in [7, 11) is 1.70. The number of carboxylic acids is 1. The largest absolute Gasteiger partial charge is 0.496 e. The lowest BCUT2D eigenvalue weighted by Gasteiger charge is -2.38. The lowest BCUT2D eigenvalue weighted by molar-refractivity contribution is 0.0696. The Kier molecular flexibility index (Phi) is 4.36. The molecule has 146 valence electrons. The number of fused-ring (bicyclic) bond motifs is 5. The van der Waals surface area contributed by atoms with E-state index in [1.54, 1.807) is 13.2 Å². The Morgan fingerprint density at radius 2 is 1.90 bits per heavy atom. The van der Waals surface area contributed by atoms with Crippen molar-refractivity contribution in [2.75, 3.05) is 12.4 Å². The van der Waals surface area contributed by atoms with Crippen LogP contribution in [-0.2, 0) is 6.42 Å². The third kappa shape index (κ3) is 2.92. The molecule has 2 aliphatic rings. The predicted octanol–water partition coefficient (Wildman–Crippen LogP) is 5.63. The monoisotopic (exact) mass is 449 g/mol. The predicted molar refractivity (Wildman–Crippen MR) is 116 cm³/mol. The van der Waals surface area contributed by atoms with E-state index in [2.05, 4.69) is 51.6 Å². The number of anilines is 1. The van der Waals surface area contributed by atoms with Crippen molar-refractivity contribution in [3.63, 3.8) is 0 Å². The Morgan fingerprint density at radius 3 is 2.69 bits per heavy atom. The second-order valence-corrected chi connectivity index (χ2v) is 8.58. The van der Waals surface area contributed by atoms with E-state index in [1.807, 2.05) is 24.3 Å². The normalized spacial score (nSPS) is 21.5. The van der Waals surface area contributed by atoms with Gasteiger partial charge in [0.1, 0.15) is 5.75 Å². The molecule has 29 heavy (non-hydrogen) atoms. The molecule has 2 N–H and O–H groups in total. The molecule has 1 aliphatic carbocycles. The molecule has 0 amide bonds. The van der Waals surface area contributed by atoms with Gasteiger partial charge in [0.25, 0.3) is 0 Å². The summed E-state index contributed by atoms with van der Waals surface area (Å²) in [5, 5.41) is 13.2. The molecule has 0 fully saturated rings. The Balaban J connectivity index is 1.71. The van der Waals surface area contributed by atoms with E-state index in [-0.39, 0.29) is 17.9 Å². The molecule has 5 heteroatoms. The molecule has 3 aromatic carbocycles. The number of hydrogen-bond acceptors (Lipinski definition) is 3. The third-order valence-corrected chi connectivity index (χ3v) is 6.67. The SMILES string of the molecule is COc1ccc(Br)cc1[C@@H]1Nc2ccc(C(=O)O)cc2[C@H]2c3ccccc3C[C@H]21. The van der Waals surface area contributed by atoms with Crippen molar-refractivity contribution < 1.29 is 14.6 Å². The minimum absolute atomic E-state index is 0.0584. The number of halogens is 1. The minimum Gasteiger partial charge on any atom is -0.496 e. The van der Waals surface area contributed by atoms with Crippen LogP contribution < -0.4 is 10.1 Å². The number of methoxy groups -OCH3 is 1. The van der Waals surface area contributed by atoms with Crippen LogP contribution in [0.3, 0.4) is 0 Å². The van der Waals surface area contributed by atoms with Gasteiger partial charge in [0.15, 0.2) is 0 Å². The van der Waals surface area contributed by atoms with E-state index >= 15 is 0 Å². The summed E-state index contributed by atoms with van der Waals surface area (Å²) >= 11 is 3.60. The van der Waals surface area contributed by atoms with E-state index in [9.17, 15) is 9.90 Å². The topological polar surface area (TPSA) is 58.6 Å². The van der Waals surface area contributed by atoms with Crippen LogP contribution in [0.25, 0.3) is 0 Å². The Morgan fingerprint density at radius 1 is 1.07 bits per heavy atom. The van der Waals surface area contributed by atoms with Gasteiger partial charge in [-0.15, -0.1) is 0 Å². The molecule has 0 unspecified atom stereocenters. The fraction of sp³-hybridized carbons (Fsp3) is 0.208. The van der Waals surface area contributed by atoms with Gasteiger partial charge in [0.2, 0.25) is 0 Å². The second-order valence-electron chi connectivity index (χ2n) is 7.66. The maximum absolute atomic E-state index is 11.6. The van der Waals surface area contributed by atoms with E-state index in [0.717, 1.165) is 33.5 Å².